The van der Waals surface area contributed by atoms with Gasteiger partial charge in [0.2, 0.25) is 0 Å². The predicted molar refractivity (Wildman–Crippen MR) is 96.2 cm³/mol. The molecule has 1 atom stereocenters. The van der Waals surface area contributed by atoms with Crippen molar-refractivity contribution in [2.24, 2.45) is 0 Å². The van der Waals surface area contributed by atoms with Crippen LogP contribution in [-0.4, -0.2) is 29.4 Å². The molecule has 1 aromatic heterocycles. The van der Waals surface area contributed by atoms with Crippen LogP contribution >= 0.6 is 0 Å². The zero-order valence-corrected chi connectivity index (χ0v) is 15.1. The number of hydrogen-bond acceptors (Lipinski definition) is 6. The van der Waals surface area contributed by atoms with Crippen LogP contribution < -0.4 is 10.4 Å². The third kappa shape index (κ3) is 3.51. The molecule has 1 aliphatic rings. The van der Waals surface area contributed by atoms with Crippen molar-refractivity contribution in [3.8, 4) is 5.75 Å². The largest absolute Gasteiger partial charge is 0.485 e. The Morgan fingerprint density at radius 1 is 1.38 bits per heavy atom. The maximum absolute atomic E-state index is 12.3. The van der Waals surface area contributed by atoms with Crippen molar-refractivity contribution >= 4 is 16.9 Å². The number of ether oxygens (including phenoxy) is 2. The molecule has 0 radical (unpaired) electrons. The first-order valence-corrected chi connectivity index (χ1v) is 8.57. The number of benzene rings is 1. The number of carbonyl (C=O) groups is 1. The molecular formula is C20H22O6. The van der Waals surface area contributed by atoms with Crippen LogP contribution in [0, 0.1) is 0 Å². The van der Waals surface area contributed by atoms with Crippen molar-refractivity contribution in [1.82, 2.24) is 0 Å². The van der Waals surface area contributed by atoms with Crippen molar-refractivity contribution in [3.63, 3.8) is 0 Å². The van der Waals surface area contributed by atoms with Crippen LogP contribution in [-0.2, 0) is 16.0 Å². The molecule has 1 N–H and O–H groups in total. The van der Waals surface area contributed by atoms with E-state index in [1.807, 2.05) is 6.07 Å². The SMILES string of the molecule is CC=C(CCO)C(=O)OC(C)(C)C1Cc2cc3ccc(=O)oc3cc2O1. The lowest BCUT2D eigenvalue weighted by Gasteiger charge is -2.31. The third-order valence-electron chi connectivity index (χ3n) is 4.60. The van der Waals surface area contributed by atoms with E-state index in [1.54, 1.807) is 39.0 Å². The highest BCUT2D eigenvalue weighted by atomic mass is 16.6. The molecule has 26 heavy (non-hydrogen) atoms. The van der Waals surface area contributed by atoms with Crippen molar-refractivity contribution < 1.29 is 23.8 Å². The molecule has 1 aliphatic heterocycles. The minimum Gasteiger partial charge on any atom is -0.485 e. The highest BCUT2D eigenvalue weighted by Gasteiger charge is 2.40. The van der Waals surface area contributed by atoms with Gasteiger partial charge in [-0.1, -0.05) is 6.08 Å². The Bertz CT molecular complexity index is 922. The summed E-state index contributed by atoms with van der Waals surface area (Å²) < 4.78 is 16.8. The number of carbonyl (C=O) groups excluding carboxylic acids is 1. The monoisotopic (exact) mass is 358 g/mol. The summed E-state index contributed by atoms with van der Waals surface area (Å²) in [6.45, 7) is 5.22. The molecule has 0 fully saturated rings. The summed E-state index contributed by atoms with van der Waals surface area (Å²) in [6, 6.07) is 6.72. The van der Waals surface area contributed by atoms with Crippen LogP contribution in [0.5, 0.6) is 5.75 Å². The fraction of sp³-hybridized carbons (Fsp3) is 0.400. The molecule has 0 aliphatic carbocycles. The fourth-order valence-corrected chi connectivity index (χ4v) is 3.05. The minimum atomic E-state index is -0.868. The molecule has 6 heteroatoms. The van der Waals surface area contributed by atoms with E-state index in [-0.39, 0.29) is 19.1 Å². The van der Waals surface area contributed by atoms with Crippen LogP contribution in [0.1, 0.15) is 32.8 Å². The average molecular weight is 358 g/mol. The Hall–Kier alpha value is -2.60. The van der Waals surface area contributed by atoms with Gasteiger partial charge in [-0.15, -0.1) is 0 Å². The van der Waals surface area contributed by atoms with Crippen molar-refractivity contribution in [1.29, 1.82) is 0 Å². The van der Waals surface area contributed by atoms with Gasteiger partial charge in [-0.2, -0.15) is 0 Å². The van der Waals surface area contributed by atoms with Gasteiger partial charge < -0.3 is 19.0 Å². The number of aliphatic hydroxyl groups is 1. The summed E-state index contributed by atoms with van der Waals surface area (Å²) in [6.07, 6.45) is 2.11. The van der Waals surface area contributed by atoms with E-state index in [1.165, 1.54) is 6.07 Å². The van der Waals surface area contributed by atoms with Gasteiger partial charge >= 0.3 is 11.6 Å². The molecule has 138 valence electrons. The smallest absolute Gasteiger partial charge is 0.336 e. The number of aliphatic hydroxyl groups excluding tert-OH is 1. The van der Waals surface area contributed by atoms with Crippen molar-refractivity contribution in [2.45, 2.75) is 45.3 Å². The minimum absolute atomic E-state index is 0.113. The molecule has 0 spiro atoms. The van der Waals surface area contributed by atoms with E-state index in [0.717, 1.165) is 10.9 Å². The summed E-state index contributed by atoms with van der Waals surface area (Å²) >= 11 is 0. The first-order chi connectivity index (χ1) is 12.3. The zero-order valence-electron chi connectivity index (χ0n) is 15.1. The summed E-state index contributed by atoms with van der Waals surface area (Å²) in [4.78, 5) is 23.7. The Balaban J connectivity index is 1.80. The molecule has 0 bridgehead atoms. The van der Waals surface area contributed by atoms with Gasteiger partial charge in [0, 0.05) is 42.5 Å². The van der Waals surface area contributed by atoms with E-state index in [2.05, 4.69) is 0 Å². The van der Waals surface area contributed by atoms with Crippen LogP contribution in [0.25, 0.3) is 11.0 Å². The van der Waals surface area contributed by atoms with Crippen LogP contribution in [0.3, 0.4) is 0 Å². The molecule has 0 saturated heterocycles. The standard InChI is InChI=1S/C20H22O6/c1-4-12(7-8-21)19(23)26-20(2,3)17-10-14-9-13-5-6-18(22)25-15(13)11-16(14)24-17/h4-6,9,11,17,21H,7-8,10H2,1-3H3. The number of esters is 1. The summed E-state index contributed by atoms with van der Waals surface area (Å²) in [7, 11) is 0. The van der Waals surface area contributed by atoms with Crippen molar-refractivity contribution in [2.75, 3.05) is 6.61 Å². The number of fused-ring (bicyclic) bond motifs is 2. The lowest BCUT2D eigenvalue weighted by molar-refractivity contribution is -0.160. The Morgan fingerprint density at radius 3 is 2.85 bits per heavy atom. The first-order valence-electron chi connectivity index (χ1n) is 8.57. The third-order valence-corrected chi connectivity index (χ3v) is 4.60. The van der Waals surface area contributed by atoms with Crippen LogP contribution in [0.15, 0.2) is 45.1 Å². The maximum Gasteiger partial charge on any atom is 0.336 e. The Morgan fingerprint density at radius 2 is 2.15 bits per heavy atom. The number of hydrogen-bond donors (Lipinski definition) is 1. The summed E-state index contributed by atoms with van der Waals surface area (Å²) in [5, 5.41) is 9.87. The van der Waals surface area contributed by atoms with E-state index in [9.17, 15) is 9.59 Å². The van der Waals surface area contributed by atoms with Gasteiger partial charge in [-0.25, -0.2) is 9.59 Å². The van der Waals surface area contributed by atoms with E-state index >= 15 is 0 Å². The van der Waals surface area contributed by atoms with E-state index in [0.29, 0.717) is 23.3 Å². The second kappa shape index (κ2) is 6.96. The summed E-state index contributed by atoms with van der Waals surface area (Å²) in [5.41, 5.74) is 0.591. The Labute approximate surface area is 151 Å². The van der Waals surface area contributed by atoms with Gasteiger partial charge in [-0.3, -0.25) is 0 Å². The zero-order chi connectivity index (χ0) is 18.9. The highest BCUT2D eigenvalue weighted by molar-refractivity contribution is 5.88. The molecule has 1 aromatic carbocycles. The average Bonchev–Trinajstić information content (AvgIpc) is 3.00. The molecule has 2 heterocycles. The first kappa shape index (κ1) is 18.2. The molecular weight excluding hydrogens is 336 g/mol. The van der Waals surface area contributed by atoms with Crippen molar-refractivity contribution in [3.05, 3.63) is 51.9 Å². The second-order valence-electron chi connectivity index (χ2n) is 6.84. The topological polar surface area (TPSA) is 86.0 Å². The van der Waals surface area contributed by atoms with Gasteiger partial charge in [0.05, 0.1) is 0 Å². The molecule has 2 aromatic rings. The quantitative estimate of drug-likeness (QED) is 0.502. The van der Waals surface area contributed by atoms with Gasteiger partial charge in [0.25, 0.3) is 0 Å². The second-order valence-corrected chi connectivity index (χ2v) is 6.84. The van der Waals surface area contributed by atoms with Crippen LogP contribution in [0.4, 0.5) is 0 Å². The number of rotatable bonds is 5. The molecule has 3 rings (SSSR count). The lowest BCUT2D eigenvalue weighted by atomic mass is 9.96. The fourth-order valence-electron chi connectivity index (χ4n) is 3.05. The van der Waals surface area contributed by atoms with E-state index in [4.69, 9.17) is 19.0 Å². The normalized spacial score (nSPS) is 17.1. The van der Waals surface area contributed by atoms with E-state index < -0.39 is 17.2 Å². The molecule has 0 amide bonds. The number of allylic oxidation sites excluding steroid dienone is 1. The van der Waals surface area contributed by atoms with Gasteiger partial charge in [0.1, 0.15) is 23.0 Å². The highest BCUT2D eigenvalue weighted by Crippen LogP contribution is 2.37. The lowest BCUT2D eigenvalue weighted by Crippen LogP contribution is -2.44. The summed E-state index contributed by atoms with van der Waals surface area (Å²) in [5.74, 6) is 0.171. The Kier molecular flexibility index (Phi) is 4.87. The molecule has 0 saturated carbocycles. The molecule has 1 unspecified atom stereocenters. The molecule has 6 nitrogen and oxygen atoms in total. The van der Waals surface area contributed by atoms with Gasteiger partial charge in [-0.05, 0) is 38.5 Å². The predicted octanol–water partition coefficient (Wildman–Crippen LogP) is 2.75. The van der Waals surface area contributed by atoms with Gasteiger partial charge in [0.15, 0.2) is 0 Å². The van der Waals surface area contributed by atoms with Crippen LogP contribution in [0.2, 0.25) is 0 Å². The maximum atomic E-state index is 12.3.